The summed E-state index contributed by atoms with van der Waals surface area (Å²) < 4.78 is 6.85. The van der Waals surface area contributed by atoms with Crippen LogP contribution in [0, 0.1) is 0 Å². The fourth-order valence-corrected chi connectivity index (χ4v) is 2.18. The standard InChI is InChI=1S/C17H20BrNO/c1-2-16(19)11-13-5-9-17(10-6-13)20-12-14-3-7-15(18)8-4-14/h3-10,16H,2,11-12,19H2,1H3. The van der Waals surface area contributed by atoms with E-state index in [2.05, 4.69) is 47.1 Å². The molecule has 2 nitrogen and oxygen atoms in total. The first-order valence-electron chi connectivity index (χ1n) is 6.89. The highest BCUT2D eigenvalue weighted by Gasteiger charge is 2.02. The largest absolute Gasteiger partial charge is 0.489 e. The van der Waals surface area contributed by atoms with E-state index in [-0.39, 0.29) is 6.04 Å². The highest BCUT2D eigenvalue weighted by atomic mass is 79.9. The zero-order valence-corrected chi connectivity index (χ0v) is 13.3. The van der Waals surface area contributed by atoms with Gasteiger partial charge >= 0.3 is 0 Å². The molecule has 2 N–H and O–H groups in total. The van der Waals surface area contributed by atoms with E-state index >= 15 is 0 Å². The lowest BCUT2D eigenvalue weighted by molar-refractivity contribution is 0.306. The summed E-state index contributed by atoms with van der Waals surface area (Å²) >= 11 is 3.42. The molecule has 0 spiro atoms. The second-order valence-electron chi connectivity index (χ2n) is 4.93. The smallest absolute Gasteiger partial charge is 0.119 e. The molecule has 2 aromatic rings. The number of nitrogens with two attached hydrogens (primary N) is 1. The maximum atomic E-state index is 5.95. The molecule has 0 bridgehead atoms. The summed E-state index contributed by atoms with van der Waals surface area (Å²) in [4.78, 5) is 0. The second-order valence-corrected chi connectivity index (χ2v) is 5.85. The van der Waals surface area contributed by atoms with Gasteiger partial charge in [0.15, 0.2) is 0 Å². The van der Waals surface area contributed by atoms with E-state index in [1.807, 2.05) is 24.3 Å². The van der Waals surface area contributed by atoms with Crippen LogP contribution >= 0.6 is 15.9 Å². The molecule has 20 heavy (non-hydrogen) atoms. The fourth-order valence-electron chi connectivity index (χ4n) is 1.92. The predicted molar refractivity (Wildman–Crippen MR) is 86.9 cm³/mol. The Labute approximate surface area is 129 Å². The Balaban J connectivity index is 1.89. The third-order valence-corrected chi connectivity index (χ3v) is 3.79. The lowest BCUT2D eigenvalue weighted by Gasteiger charge is -2.10. The van der Waals surface area contributed by atoms with Gasteiger partial charge in [-0.25, -0.2) is 0 Å². The third kappa shape index (κ3) is 4.66. The van der Waals surface area contributed by atoms with E-state index in [9.17, 15) is 0 Å². The van der Waals surface area contributed by atoms with Gasteiger partial charge in [0.1, 0.15) is 12.4 Å². The first kappa shape index (κ1) is 15.1. The molecule has 0 aliphatic carbocycles. The van der Waals surface area contributed by atoms with Crippen molar-refractivity contribution in [3.63, 3.8) is 0 Å². The lowest BCUT2D eigenvalue weighted by Crippen LogP contribution is -2.21. The number of hydrogen-bond acceptors (Lipinski definition) is 2. The number of hydrogen-bond donors (Lipinski definition) is 1. The average molecular weight is 334 g/mol. The van der Waals surface area contributed by atoms with Crippen LogP contribution in [0.4, 0.5) is 0 Å². The van der Waals surface area contributed by atoms with Crippen molar-refractivity contribution in [2.24, 2.45) is 5.73 Å². The Kier molecular flexibility index (Phi) is 5.62. The Hall–Kier alpha value is -1.32. The number of ether oxygens (including phenoxy) is 1. The number of benzene rings is 2. The summed E-state index contributed by atoms with van der Waals surface area (Å²) in [6.07, 6.45) is 1.92. The van der Waals surface area contributed by atoms with Gasteiger partial charge in [-0.3, -0.25) is 0 Å². The van der Waals surface area contributed by atoms with Crippen molar-refractivity contribution in [2.75, 3.05) is 0 Å². The first-order chi connectivity index (χ1) is 9.67. The summed E-state index contributed by atoms with van der Waals surface area (Å²) in [6.45, 7) is 2.70. The van der Waals surface area contributed by atoms with Gasteiger partial charge in [0.25, 0.3) is 0 Å². The van der Waals surface area contributed by atoms with Gasteiger partial charge in [0.05, 0.1) is 0 Å². The molecule has 1 atom stereocenters. The van der Waals surface area contributed by atoms with Crippen molar-refractivity contribution in [1.82, 2.24) is 0 Å². The van der Waals surface area contributed by atoms with Gasteiger partial charge in [-0.05, 0) is 48.2 Å². The van der Waals surface area contributed by atoms with Crippen LogP contribution in [-0.4, -0.2) is 6.04 Å². The first-order valence-corrected chi connectivity index (χ1v) is 7.68. The molecule has 0 saturated heterocycles. The second kappa shape index (κ2) is 7.46. The van der Waals surface area contributed by atoms with Crippen molar-refractivity contribution in [3.8, 4) is 5.75 Å². The maximum absolute atomic E-state index is 5.95. The van der Waals surface area contributed by atoms with E-state index in [0.717, 1.165) is 28.6 Å². The third-order valence-electron chi connectivity index (χ3n) is 3.26. The molecule has 0 saturated carbocycles. The molecule has 1 unspecified atom stereocenters. The van der Waals surface area contributed by atoms with Crippen molar-refractivity contribution >= 4 is 15.9 Å². The number of rotatable bonds is 6. The van der Waals surface area contributed by atoms with Crippen LogP contribution in [0.25, 0.3) is 0 Å². The predicted octanol–water partition coefficient (Wildman–Crippen LogP) is 4.31. The Morgan fingerprint density at radius 1 is 1.00 bits per heavy atom. The minimum absolute atomic E-state index is 0.240. The SMILES string of the molecule is CCC(N)Cc1ccc(OCc2ccc(Br)cc2)cc1. The highest BCUT2D eigenvalue weighted by Crippen LogP contribution is 2.16. The van der Waals surface area contributed by atoms with E-state index in [0.29, 0.717) is 6.61 Å². The minimum atomic E-state index is 0.240. The molecule has 0 radical (unpaired) electrons. The molecule has 106 valence electrons. The van der Waals surface area contributed by atoms with E-state index < -0.39 is 0 Å². The number of halogens is 1. The Morgan fingerprint density at radius 3 is 2.20 bits per heavy atom. The molecule has 0 fully saturated rings. The van der Waals surface area contributed by atoms with Gasteiger partial charge in [-0.15, -0.1) is 0 Å². The Bertz CT molecular complexity index is 522. The molecule has 2 rings (SSSR count). The van der Waals surface area contributed by atoms with Gasteiger partial charge < -0.3 is 10.5 Å². The van der Waals surface area contributed by atoms with Crippen LogP contribution < -0.4 is 10.5 Å². The molecular formula is C17H20BrNO. The van der Waals surface area contributed by atoms with E-state index in [4.69, 9.17) is 10.5 Å². The molecule has 0 heterocycles. The van der Waals surface area contributed by atoms with E-state index in [1.165, 1.54) is 5.56 Å². The monoisotopic (exact) mass is 333 g/mol. The molecule has 3 heteroatoms. The van der Waals surface area contributed by atoms with Crippen LogP contribution in [0.2, 0.25) is 0 Å². The molecule has 0 aliphatic heterocycles. The summed E-state index contributed by atoms with van der Waals surface area (Å²) in [7, 11) is 0. The van der Waals surface area contributed by atoms with Gasteiger partial charge in [-0.2, -0.15) is 0 Å². The van der Waals surface area contributed by atoms with Crippen molar-refractivity contribution < 1.29 is 4.74 Å². The molecule has 2 aromatic carbocycles. The fraction of sp³-hybridized carbons (Fsp3) is 0.294. The molecule has 0 aromatic heterocycles. The van der Waals surface area contributed by atoms with Crippen LogP contribution in [-0.2, 0) is 13.0 Å². The molecule has 0 aliphatic rings. The van der Waals surface area contributed by atoms with Gasteiger partial charge in [-0.1, -0.05) is 47.1 Å². The zero-order valence-electron chi connectivity index (χ0n) is 11.7. The molecule has 0 amide bonds. The van der Waals surface area contributed by atoms with Crippen LogP contribution in [0.1, 0.15) is 24.5 Å². The summed E-state index contributed by atoms with van der Waals surface area (Å²) in [5, 5.41) is 0. The quantitative estimate of drug-likeness (QED) is 0.854. The maximum Gasteiger partial charge on any atom is 0.119 e. The topological polar surface area (TPSA) is 35.2 Å². The van der Waals surface area contributed by atoms with Gasteiger partial charge in [0.2, 0.25) is 0 Å². The summed E-state index contributed by atoms with van der Waals surface area (Å²) in [5.41, 5.74) is 8.37. The molecular weight excluding hydrogens is 314 g/mol. The average Bonchev–Trinajstić information content (AvgIpc) is 2.48. The Morgan fingerprint density at radius 2 is 1.60 bits per heavy atom. The lowest BCUT2D eigenvalue weighted by atomic mass is 10.0. The van der Waals surface area contributed by atoms with Gasteiger partial charge in [0, 0.05) is 10.5 Å². The van der Waals surface area contributed by atoms with Crippen LogP contribution in [0.5, 0.6) is 5.75 Å². The van der Waals surface area contributed by atoms with Crippen molar-refractivity contribution in [2.45, 2.75) is 32.4 Å². The summed E-state index contributed by atoms with van der Waals surface area (Å²) in [5.74, 6) is 0.890. The minimum Gasteiger partial charge on any atom is -0.489 e. The van der Waals surface area contributed by atoms with Crippen molar-refractivity contribution in [3.05, 3.63) is 64.1 Å². The van der Waals surface area contributed by atoms with Crippen LogP contribution in [0.15, 0.2) is 53.0 Å². The normalized spacial score (nSPS) is 12.2. The highest BCUT2D eigenvalue weighted by molar-refractivity contribution is 9.10. The van der Waals surface area contributed by atoms with Crippen molar-refractivity contribution in [1.29, 1.82) is 0 Å². The summed E-state index contributed by atoms with van der Waals surface area (Å²) in [6, 6.07) is 16.6. The van der Waals surface area contributed by atoms with Crippen LogP contribution in [0.3, 0.4) is 0 Å². The van der Waals surface area contributed by atoms with E-state index in [1.54, 1.807) is 0 Å². The zero-order chi connectivity index (χ0) is 14.4.